The molecule has 0 aliphatic carbocycles. The Morgan fingerprint density at radius 2 is 1.96 bits per heavy atom. The first kappa shape index (κ1) is 14.9. The maximum Gasteiger partial charge on any atom is 0.276 e. The third kappa shape index (κ3) is 2.78. The molecule has 4 rings (SSSR count). The summed E-state index contributed by atoms with van der Waals surface area (Å²) in [4.78, 5) is 12.1. The molecule has 3 aromatic rings. The van der Waals surface area contributed by atoms with Crippen LogP contribution in [0.4, 0.5) is 0 Å². The van der Waals surface area contributed by atoms with Crippen LogP contribution in [0.15, 0.2) is 53.5 Å². The molecule has 2 heterocycles. The number of nitrogens with zero attached hydrogens (tertiary/aromatic N) is 3. The molecule has 1 aliphatic rings. The zero-order valence-electron chi connectivity index (χ0n) is 12.8. The van der Waals surface area contributed by atoms with E-state index >= 15 is 0 Å². The van der Waals surface area contributed by atoms with E-state index in [9.17, 15) is 4.79 Å². The van der Waals surface area contributed by atoms with Gasteiger partial charge in [-0.3, -0.25) is 9.36 Å². The first-order valence-electron chi connectivity index (χ1n) is 7.65. The number of fused-ring (bicyclic) bond motifs is 3. The fourth-order valence-corrected chi connectivity index (χ4v) is 2.98. The minimum Gasteiger partial charge on any atom is -0.489 e. The Kier molecular flexibility index (Phi) is 3.78. The van der Waals surface area contributed by atoms with Crippen molar-refractivity contribution in [1.29, 1.82) is 0 Å². The Labute approximate surface area is 143 Å². The van der Waals surface area contributed by atoms with Gasteiger partial charge >= 0.3 is 0 Å². The summed E-state index contributed by atoms with van der Waals surface area (Å²) in [5.41, 5.74) is 2.82. The van der Waals surface area contributed by atoms with Gasteiger partial charge in [0.25, 0.3) is 5.56 Å². The van der Waals surface area contributed by atoms with Gasteiger partial charge in [-0.2, -0.15) is 5.10 Å². The van der Waals surface area contributed by atoms with E-state index in [0.717, 1.165) is 29.0 Å². The topological polar surface area (TPSA) is 57.0 Å². The van der Waals surface area contributed by atoms with Crippen LogP contribution in [-0.2, 0) is 19.4 Å². The van der Waals surface area contributed by atoms with Crippen molar-refractivity contribution in [3.63, 3.8) is 0 Å². The number of halogens is 1. The number of rotatable bonds is 3. The molecule has 0 bridgehead atoms. The molecule has 0 atom stereocenters. The van der Waals surface area contributed by atoms with Crippen molar-refractivity contribution < 1.29 is 4.74 Å². The van der Waals surface area contributed by atoms with E-state index < -0.39 is 0 Å². The van der Waals surface area contributed by atoms with E-state index in [2.05, 4.69) is 10.2 Å². The van der Waals surface area contributed by atoms with Gasteiger partial charge in [0.2, 0.25) is 0 Å². The van der Waals surface area contributed by atoms with Gasteiger partial charge in [0.15, 0.2) is 0 Å². The fourth-order valence-electron chi connectivity index (χ4n) is 2.86. The summed E-state index contributed by atoms with van der Waals surface area (Å²) >= 11 is 5.88. The lowest BCUT2D eigenvalue weighted by Crippen LogP contribution is -2.28. The average Bonchev–Trinajstić information content (AvgIpc) is 2.61. The third-order valence-electron chi connectivity index (χ3n) is 4.05. The lowest BCUT2D eigenvalue weighted by Gasteiger charge is -2.20. The number of aromatic nitrogens is 3. The van der Waals surface area contributed by atoms with Crippen LogP contribution in [0, 0.1) is 0 Å². The van der Waals surface area contributed by atoms with Gasteiger partial charge in [-0.15, -0.1) is 5.10 Å². The van der Waals surface area contributed by atoms with Crippen LogP contribution in [0.3, 0.4) is 0 Å². The van der Waals surface area contributed by atoms with Gasteiger partial charge in [0, 0.05) is 11.4 Å². The maximum absolute atomic E-state index is 12.1. The van der Waals surface area contributed by atoms with Crippen molar-refractivity contribution in [2.45, 2.75) is 19.4 Å². The highest BCUT2D eigenvalue weighted by atomic mass is 35.5. The summed E-state index contributed by atoms with van der Waals surface area (Å²) < 4.78 is 7.48. The summed E-state index contributed by atoms with van der Waals surface area (Å²) in [6.07, 6.45) is 2.74. The van der Waals surface area contributed by atoms with E-state index in [4.69, 9.17) is 16.3 Å². The van der Waals surface area contributed by atoms with E-state index in [1.165, 1.54) is 6.20 Å². The summed E-state index contributed by atoms with van der Waals surface area (Å²) in [7, 11) is 0. The van der Waals surface area contributed by atoms with Crippen LogP contribution in [0.25, 0.3) is 5.69 Å². The second kappa shape index (κ2) is 6.09. The summed E-state index contributed by atoms with van der Waals surface area (Å²) in [6.45, 7) is 0.470. The molecule has 2 aromatic carbocycles. The van der Waals surface area contributed by atoms with Crippen LogP contribution in [0.2, 0.25) is 5.02 Å². The smallest absolute Gasteiger partial charge is 0.276 e. The first-order chi connectivity index (χ1) is 11.7. The van der Waals surface area contributed by atoms with E-state index in [1.807, 2.05) is 42.5 Å². The molecule has 0 spiro atoms. The normalized spacial score (nSPS) is 12.4. The minimum absolute atomic E-state index is 0.157. The Balaban J connectivity index is 1.59. The molecule has 120 valence electrons. The molecule has 0 fully saturated rings. The van der Waals surface area contributed by atoms with Crippen molar-refractivity contribution in [2.75, 3.05) is 0 Å². The molecular weight excluding hydrogens is 326 g/mol. The standard InChI is InChI=1S/C18H14ClN3O2/c19-14-4-1-12(2-5-14)11-24-15-6-7-16-13(9-15)3-8-17-21-20-10-18(23)22(16)17/h1-2,4-7,9-10H,3,8,11H2. The molecule has 0 amide bonds. The molecular formula is C18H14ClN3O2. The molecule has 6 heteroatoms. The van der Waals surface area contributed by atoms with Crippen molar-refractivity contribution in [1.82, 2.24) is 14.8 Å². The molecule has 5 nitrogen and oxygen atoms in total. The Hall–Kier alpha value is -2.66. The Morgan fingerprint density at radius 1 is 1.12 bits per heavy atom. The molecule has 0 saturated heterocycles. The number of ether oxygens (including phenoxy) is 1. The molecule has 1 aromatic heterocycles. The predicted molar refractivity (Wildman–Crippen MR) is 90.8 cm³/mol. The second-order valence-corrected chi connectivity index (χ2v) is 6.08. The zero-order valence-corrected chi connectivity index (χ0v) is 13.5. The second-order valence-electron chi connectivity index (χ2n) is 5.64. The molecule has 0 unspecified atom stereocenters. The van der Waals surface area contributed by atoms with Gasteiger partial charge in [0.1, 0.15) is 24.4 Å². The Bertz CT molecular complexity index is 951. The quantitative estimate of drug-likeness (QED) is 0.736. The first-order valence-corrected chi connectivity index (χ1v) is 8.03. The SMILES string of the molecule is O=c1cnnc2n1-c1ccc(OCc3ccc(Cl)cc3)cc1CC2. The van der Waals surface area contributed by atoms with Gasteiger partial charge in [-0.1, -0.05) is 23.7 Å². The number of hydrogen-bond acceptors (Lipinski definition) is 4. The molecule has 0 saturated carbocycles. The Morgan fingerprint density at radius 3 is 2.79 bits per heavy atom. The van der Waals surface area contributed by atoms with Crippen LogP contribution in [-0.4, -0.2) is 14.8 Å². The molecule has 0 radical (unpaired) electrons. The van der Waals surface area contributed by atoms with E-state index in [0.29, 0.717) is 23.9 Å². The van der Waals surface area contributed by atoms with Gasteiger partial charge < -0.3 is 4.74 Å². The number of benzene rings is 2. The summed E-state index contributed by atoms with van der Waals surface area (Å²) in [6, 6.07) is 13.3. The van der Waals surface area contributed by atoms with Crippen LogP contribution in [0.5, 0.6) is 5.75 Å². The van der Waals surface area contributed by atoms with Crippen molar-refractivity contribution in [3.05, 3.63) is 81.0 Å². The summed E-state index contributed by atoms with van der Waals surface area (Å²) in [5.74, 6) is 1.48. The predicted octanol–water partition coefficient (Wildman–Crippen LogP) is 2.96. The number of hydrogen-bond donors (Lipinski definition) is 0. The fraction of sp³-hybridized carbons (Fsp3) is 0.167. The molecule has 1 aliphatic heterocycles. The average molecular weight is 340 g/mol. The lowest BCUT2D eigenvalue weighted by atomic mass is 10.0. The third-order valence-corrected chi connectivity index (χ3v) is 4.30. The molecule has 24 heavy (non-hydrogen) atoms. The van der Waals surface area contributed by atoms with Crippen LogP contribution >= 0.6 is 11.6 Å². The van der Waals surface area contributed by atoms with Crippen LogP contribution in [0.1, 0.15) is 17.0 Å². The van der Waals surface area contributed by atoms with Gasteiger partial charge in [-0.25, -0.2) is 0 Å². The van der Waals surface area contributed by atoms with Crippen LogP contribution < -0.4 is 10.3 Å². The highest BCUT2D eigenvalue weighted by Gasteiger charge is 2.18. The largest absolute Gasteiger partial charge is 0.489 e. The highest BCUT2D eigenvalue weighted by molar-refractivity contribution is 6.30. The highest BCUT2D eigenvalue weighted by Crippen LogP contribution is 2.26. The van der Waals surface area contributed by atoms with Gasteiger partial charge in [0.05, 0.1) is 5.69 Å². The van der Waals surface area contributed by atoms with Crippen molar-refractivity contribution in [3.8, 4) is 11.4 Å². The van der Waals surface area contributed by atoms with Crippen molar-refractivity contribution >= 4 is 11.6 Å². The van der Waals surface area contributed by atoms with E-state index in [-0.39, 0.29) is 5.56 Å². The van der Waals surface area contributed by atoms with Crippen molar-refractivity contribution in [2.24, 2.45) is 0 Å². The number of aryl methyl sites for hydroxylation is 2. The molecule has 0 N–H and O–H groups in total. The summed E-state index contributed by atoms with van der Waals surface area (Å²) in [5, 5.41) is 8.50. The maximum atomic E-state index is 12.1. The zero-order chi connectivity index (χ0) is 16.5. The lowest BCUT2D eigenvalue weighted by molar-refractivity contribution is 0.306. The minimum atomic E-state index is -0.157. The van der Waals surface area contributed by atoms with Gasteiger partial charge in [-0.05, 0) is 47.9 Å². The van der Waals surface area contributed by atoms with E-state index in [1.54, 1.807) is 4.57 Å². The monoisotopic (exact) mass is 339 g/mol.